The van der Waals surface area contributed by atoms with Crippen molar-refractivity contribution in [1.82, 2.24) is 14.6 Å². The number of hydrogen-bond acceptors (Lipinski definition) is 5. The van der Waals surface area contributed by atoms with Crippen LogP contribution in [0, 0.1) is 5.41 Å². The summed E-state index contributed by atoms with van der Waals surface area (Å²) in [4.78, 5) is 16.2. The van der Waals surface area contributed by atoms with Crippen molar-refractivity contribution in [1.29, 1.82) is 0 Å². The van der Waals surface area contributed by atoms with E-state index in [4.69, 9.17) is 11.5 Å². The molecule has 0 aliphatic heterocycles. The molecule has 7 heteroatoms. The number of primary amides is 1. The van der Waals surface area contributed by atoms with E-state index in [1.807, 2.05) is 24.4 Å². The van der Waals surface area contributed by atoms with Crippen LogP contribution in [0.15, 0.2) is 43.0 Å². The molecule has 1 aliphatic rings. The summed E-state index contributed by atoms with van der Waals surface area (Å²) in [5.74, 6) is -0.504. The monoisotopic (exact) mass is 378 g/mol. The van der Waals surface area contributed by atoms with Gasteiger partial charge in [0, 0.05) is 41.1 Å². The molecule has 0 bridgehead atoms. The molecule has 0 saturated heterocycles. The number of aromatic nitrogens is 3. The van der Waals surface area contributed by atoms with Gasteiger partial charge in [-0.2, -0.15) is 5.10 Å². The Morgan fingerprint density at radius 1 is 1.25 bits per heavy atom. The van der Waals surface area contributed by atoms with Crippen molar-refractivity contribution in [2.24, 2.45) is 16.9 Å². The van der Waals surface area contributed by atoms with Crippen LogP contribution >= 0.6 is 0 Å². The van der Waals surface area contributed by atoms with Gasteiger partial charge in [0.2, 0.25) is 0 Å². The van der Waals surface area contributed by atoms with Crippen LogP contribution in [0.5, 0.6) is 0 Å². The number of pyridine rings is 1. The van der Waals surface area contributed by atoms with Gasteiger partial charge in [0.05, 0.1) is 23.0 Å². The van der Waals surface area contributed by atoms with E-state index in [9.17, 15) is 4.79 Å². The molecule has 1 saturated carbocycles. The number of hydrogen-bond donors (Lipinski definition) is 3. The summed E-state index contributed by atoms with van der Waals surface area (Å²) in [6.45, 7) is 6.42. The zero-order chi connectivity index (χ0) is 20.1. The highest BCUT2D eigenvalue weighted by Gasteiger charge is 2.49. The van der Waals surface area contributed by atoms with E-state index in [0.29, 0.717) is 11.3 Å². The van der Waals surface area contributed by atoms with Gasteiger partial charge in [0.1, 0.15) is 0 Å². The average Bonchev–Trinajstić information content (AvgIpc) is 3.17. The zero-order valence-electron chi connectivity index (χ0n) is 16.4. The van der Waals surface area contributed by atoms with Gasteiger partial charge >= 0.3 is 0 Å². The Labute approximate surface area is 164 Å². The highest BCUT2D eigenvalue weighted by Crippen LogP contribution is 2.46. The predicted octanol–water partition coefficient (Wildman–Crippen LogP) is 2.81. The Hall–Kier alpha value is -2.93. The summed E-state index contributed by atoms with van der Waals surface area (Å²) in [6, 6.07) is 6.01. The number of nitrogens with two attached hydrogens (primary N) is 2. The lowest BCUT2D eigenvalue weighted by Gasteiger charge is -2.39. The topological polar surface area (TPSA) is 111 Å². The standard InChI is InChI=1S/C21H26N6O/c1-20(2)17(4-7-21(20,3)23)26-18-15(19(22)28)11-25-27-12-14(10-16(18)27)13-5-8-24-9-6-13/h5-6,8-12,17,26H,4,7,23H2,1-3H3,(H2,22,28)/t17-,21+/m0/s1. The van der Waals surface area contributed by atoms with Crippen LogP contribution in [0.2, 0.25) is 0 Å². The van der Waals surface area contributed by atoms with Crippen LogP contribution in [0.3, 0.4) is 0 Å². The lowest BCUT2D eigenvalue weighted by Crippen LogP contribution is -2.51. The second-order valence-electron chi connectivity index (χ2n) is 8.47. The molecule has 0 aromatic carbocycles. The Kier molecular flexibility index (Phi) is 4.15. The number of anilines is 1. The fraction of sp³-hybridized carbons (Fsp3) is 0.381. The minimum atomic E-state index is -0.504. The average molecular weight is 378 g/mol. The van der Waals surface area contributed by atoms with E-state index in [1.54, 1.807) is 16.9 Å². The van der Waals surface area contributed by atoms with Gasteiger partial charge < -0.3 is 16.8 Å². The molecule has 0 radical (unpaired) electrons. The number of nitrogens with one attached hydrogen (secondary N) is 1. The van der Waals surface area contributed by atoms with Crippen molar-refractivity contribution in [3.63, 3.8) is 0 Å². The molecule has 28 heavy (non-hydrogen) atoms. The molecule has 1 aliphatic carbocycles. The van der Waals surface area contributed by atoms with E-state index < -0.39 is 5.91 Å². The maximum atomic E-state index is 12.1. The molecule has 1 amide bonds. The molecule has 0 spiro atoms. The van der Waals surface area contributed by atoms with Crippen LogP contribution in [0.4, 0.5) is 5.69 Å². The molecule has 4 rings (SSSR count). The largest absolute Gasteiger partial charge is 0.379 e. The van der Waals surface area contributed by atoms with Gasteiger partial charge in [-0.15, -0.1) is 0 Å². The molecule has 0 unspecified atom stereocenters. The summed E-state index contributed by atoms with van der Waals surface area (Å²) in [5, 5.41) is 7.97. The molecule has 146 valence electrons. The van der Waals surface area contributed by atoms with Crippen molar-refractivity contribution in [3.05, 3.63) is 48.5 Å². The summed E-state index contributed by atoms with van der Waals surface area (Å²) >= 11 is 0. The molecule has 2 atom stereocenters. The van der Waals surface area contributed by atoms with Gasteiger partial charge in [0.25, 0.3) is 5.91 Å². The molecule has 5 N–H and O–H groups in total. The minimum Gasteiger partial charge on any atom is -0.379 e. The number of rotatable bonds is 4. The van der Waals surface area contributed by atoms with Crippen LogP contribution < -0.4 is 16.8 Å². The van der Waals surface area contributed by atoms with Crippen molar-refractivity contribution < 1.29 is 4.79 Å². The third-order valence-electron chi connectivity index (χ3n) is 6.53. The summed E-state index contributed by atoms with van der Waals surface area (Å²) in [5.41, 5.74) is 15.7. The zero-order valence-corrected chi connectivity index (χ0v) is 16.4. The number of fused-ring (bicyclic) bond motifs is 1. The van der Waals surface area contributed by atoms with Crippen LogP contribution in [0.25, 0.3) is 16.6 Å². The lowest BCUT2D eigenvalue weighted by molar-refractivity contribution is 0.100. The SMILES string of the molecule is CC1(C)[C@@H](Nc2c(C(N)=O)cnn3cc(-c4ccncc4)cc23)CC[C@@]1(C)N. The van der Waals surface area contributed by atoms with E-state index in [1.165, 1.54) is 6.20 Å². The first-order chi connectivity index (χ1) is 13.2. The Morgan fingerprint density at radius 3 is 2.57 bits per heavy atom. The van der Waals surface area contributed by atoms with Crippen LogP contribution in [-0.2, 0) is 0 Å². The van der Waals surface area contributed by atoms with E-state index in [2.05, 4.69) is 36.2 Å². The van der Waals surface area contributed by atoms with E-state index in [0.717, 1.165) is 29.5 Å². The first kappa shape index (κ1) is 18.4. The molecule has 3 aromatic rings. The molecule has 1 fully saturated rings. The smallest absolute Gasteiger partial charge is 0.252 e. The fourth-order valence-electron chi connectivity index (χ4n) is 4.05. The van der Waals surface area contributed by atoms with Gasteiger partial charge in [0.15, 0.2) is 0 Å². The van der Waals surface area contributed by atoms with Crippen LogP contribution in [0.1, 0.15) is 44.0 Å². The number of carbonyl (C=O) groups excluding carboxylic acids is 1. The molecular weight excluding hydrogens is 352 g/mol. The first-order valence-electron chi connectivity index (χ1n) is 9.48. The Balaban J connectivity index is 1.83. The number of carbonyl (C=O) groups is 1. The van der Waals surface area contributed by atoms with Gasteiger partial charge in [-0.1, -0.05) is 13.8 Å². The number of amides is 1. The maximum Gasteiger partial charge on any atom is 0.252 e. The lowest BCUT2D eigenvalue weighted by atomic mass is 9.75. The Morgan fingerprint density at radius 2 is 1.96 bits per heavy atom. The van der Waals surface area contributed by atoms with E-state index >= 15 is 0 Å². The highest BCUT2D eigenvalue weighted by molar-refractivity contribution is 6.02. The Bertz CT molecular complexity index is 1040. The van der Waals surface area contributed by atoms with Crippen molar-refractivity contribution in [2.75, 3.05) is 5.32 Å². The predicted molar refractivity (Wildman–Crippen MR) is 110 cm³/mol. The van der Waals surface area contributed by atoms with Crippen LogP contribution in [-0.4, -0.2) is 32.1 Å². The summed E-state index contributed by atoms with van der Waals surface area (Å²) < 4.78 is 1.77. The second kappa shape index (κ2) is 6.31. The van der Waals surface area contributed by atoms with E-state index in [-0.39, 0.29) is 17.0 Å². The van der Waals surface area contributed by atoms with Gasteiger partial charge in [-0.05, 0) is 43.5 Å². The fourth-order valence-corrected chi connectivity index (χ4v) is 4.05. The van der Waals surface area contributed by atoms with Crippen molar-refractivity contribution in [2.45, 2.75) is 45.2 Å². The summed E-state index contributed by atoms with van der Waals surface area (Å²) in [6.07, 6.45) is 8.80. The second-order valence-corrected chi connectivity index (χ2v) is 8.47. The number of nitrogens with zero attached hydrogens (tertiary/aromatic N) is 3. The molecule has 7 nitrogen and oxygen atoms in total. The first-order valence-corrected chi connectivity index (χ1v) is 9.48. The van der Waals surface area contributed by atoms with Crippen molar-refractivity contribution in [3.8, 4) is 11.1 Å². The third kappa shape index (κ3) is 2.82. The third-order valence-corrected chi connectivity index (χ3v) is 6.53. The highest BCUT2D eigenvalue weighted by atomic mass is 16.1. The minimum absolute atomic E-state index is 0.117. The molecule has 3 heterocycles. The summed E-state index contributed by atoms with van der Waals surface area (Å²) in [7, 11) is 0. The van der Waals surface area contributed by atoms with Gasteiger partial charge in [-0.3, -0.25) is 9.78 Å². The quantitative estimate of drug-likeness (QED) is 0.646. The molecular formula is C21H26N6O. The van der Waals surface area contributed by atoms with Crippen molar-refractivity contribution >= 4 is 17.1 Å². The maximum absolute atomic E-state index is 12.1. The van der Waals surface area contributed by atoms with Gasteiger partial charge in [-0.25, -0.2) is 4.52 Å². The normalized spacial score (nSPS) is 23.8. The molecule has 3 aromatic heterocycles.